The van der Waals surface area contributed by atoms with Crippen LogP contribution in [-0.2, 0) is 4.79 Å². The van der Waals surface area contributed by atoms with Crippen molar-refractivity contribution in [2.45, 2.75) is 0 Å². The highest BCUT2D eigenvalue weighted by molar-refractivity contribution is 5.92. The van der Waals surface area contributed by atoms with Gasteiger partial charge in [-0.1, -0.05) is 30.3 Å². The molecule has 0 saturated carbocycles. The number of carbonyl (C=O) groups excluding carboxylic acids is 1. The first-order valence-electron chi connectivity index (χ1n) is 6.44. The molecule has 0 aromatic heterocycles. The Balaban J connectivity index is 2.49. The first kappa shape index (κ1) is 14.7. The summed E-state index contributed by atoms with van der Waals surface area (Å²) >= 11 is 0. The lowest BCUT2D eigenvalue weighted by molar-refractivity contribution is -0.113. The van der Waals surface area contributed by atoms with Crippen molar-refractivity contribution in [2.75, 3.05) is 14.2 Å². The van der Waals surface area contributed by atoms with E-state index in [0.29, 0.717) is 11.5 Å². The van der Waals surface area contributed by atoms with Crippen LogP contribution in [0.3, 0.4) is 0 Å². The van der Waals surface area contributed by atoms with Crippen LogP contribution in [0.1, 0.15) is 5.56 Å². The van der Waals surface area contributed by atoms with E-state index in [1.165, 1.54) is 6.08 Å². The Morgan fingerprint density at radius 2 is 1.76 bits per heavy atom. The quantitative estimate of drug-likeness (QED) is 0.858. The predicted molar refractivity (Wildman–Crippen MR) is 83.2 cm³/mol. The van der Waals surface area contributed by atoms with E-state index in [4.69, 9.17) is 15.2 Å². The fourth-order valence-electron chi connectivity index (χ4n) is 2.08. The average Bonchev–Trinajstić information content (AvgIpc) is 2.52. The van der Waals surface area contributed by atoms with Crippen LogP contribution in [0.25, 0.3) is 17.2 Å². The zero-order valence-electron chi connectivity index (χ0n) is 12.0. The van der Waals surface area contributed by atoms with Crippen molar-refractivity contribution in [3.63, 3.8) is 0 Å². The summed E-state index contributed by atoms with van der Waals surface area (Å²) in [6.45, 7) is 0. The van der Waals surface area contributed by atoms with Crippen molar-refractivity contribution < 1.29 is 14.3 Å². The van der Waals surface area contributed by atoms with E-state index in [1.54, 1.807) is 20.3 Å². The van der Waals surface area contributed by atoms with Crippen LogP contribution in [0.4, 0.5) is 0 Å². The normalized spacial score (nSPS) is 10.6. The molecule has 0 fully saturated rings. The predicted octanol–water partition coefficient (Wildman–Crippen LogP) is 2.87. The summed E-state index contributed by atoms with van der Waals surface area (Å²) in [6.07, 6.45) is 3.05. The van der Waals surface area contributed by atoms with Crippen LogP contribution < -0.4 is 15.2 Å². The lowest BCUT2D eigenvalue weighted by atomic mass is 9.99. The third-order valence-corrected chi connectivity index (χ3v) is 3.08. The van der Waals surface area contributed by atoms with E-state index >= 15 is 0 Å². The van der Waals surface area contributed by atoms with E-state index in [-0.39, 0.29) is 0 Å². The first-order chi connectivity index (χ1) is 10.2. The van der Waals surface area contributed by atoms with Crippen LogP contribution >= 0.6 is 0 Å². The minimum atomic E-state index is -0.475. The van der Waals surface area contributed by atoms with Gasteiger partial charge in [0, 0.05) is 6.08 Å². The highest BCUT2D eigenvalue weighted by atomic mass is 16.5. The van der Waals surface area contributed by atoms with Gasteiger partial charge in [0.2, 0.25) is 5.91 Å². The largest absolute Gasteiger partial charge is 0.493 e. The highest BCUT2D eigenvalue weighted by Gasteiger charge is 2.08. The number of primary amides is 1. The average molecular weight is 283 g/mol. The van der Waals surface area contributed by atoms with Gasteiger partial charge < -0.3 is 15.2 Å². The van der Waals surface area contributed by atoms with Crippen molar-refractivity contribution >= 4 is 12.0 Å². The maximum absolute atomic E-state index is 10.9. The number of amides is 1. The van der Waals surface area contributed by atoms with E-state index < -0.39 is 5.91 Å². The summed E-state index contributed by atoms with van der Waals surface area (Å²) < 4.78 is 10.6. The van der Waals surface area contributed by atoms with Gasteiger partial charge in [-0.2, -0.15) is 0 Å². The number of carbonyl (C=O) groups is 1. The molecular weight excluding hydrogens is 266 g/mol. The smallest absolute Gasteiger partial charge is 0.241 e. The molecule has 108 valence electrons. The fraction of sp³-hybridized carbons (Fsp3) is 0.118. The molecule has 0 saturated heterocycles. The maximum Gasteiger partial charge on any atom is 0.241 e. The van der Waals surface area contributed by atoms with Crippen molar-refractivity contribution in [1.29, 1.82) is 0 Å². The maximum atomic E-state index is 10.9. The molecule has 0 spiro atoms. The molecule has 0 bridgehead atoms. The molecule has 0 aliphatic heterocycles. The minimum absolute atomic E-state index is 0.475. The second kappa shape index (κ2) is 6.61. The number of benzene rings is 2. The van der Waals surface area contributed by atoms with Gasteiger partial charge in [-0.3, -0.25) is 4.79 Å². The number of hydrogen-bond donors (Lipinski definition) is 1. The Bertz CT molecular complexity index is 677. The Kier molecular flexibility index (Phi) is 4.61. The van der Waals surface area contributed by atoms with E-state index in [2.05, 4.69) is 0 Å². The third kappa shape index (κ3) is 3.42. The van der Waals surface area contributed by atoms with Crippen molar-refractivity contribution in [2.24, 2.45) is 5.73 Å². The molecule has 2 aromatic rings. The number of nitrogens with two attached hydrogens (primary N) is 1. The van der Waals surface area contributed by atoms with Crippen molar-refractivity contribution in [3.8, 4) is 22.6 Å². The van der Waals surface area contributed by atoms with Crippen LogP contribution in [0.2, 0.25) is 0 Å². The minimum Gasteiger partial charge on any atom is -0.493 e. The van der Waals surface area contributed by atoms with Gasteiger partial charge in [0.15, 0.2) is 11.5 Å². The van der Waals surface area contributed by atoms with E-state index in [9.17, 15) is 4.79 Å². The van der Waals surface area contributed by atoms with Crippen LogP contribution in [-0.4, -0.2) is 20.1 Å². The molecule has 0 atom stereocenters. The molecule has 2 rings (SSSR count). The molecular formula is C17H17NO3. The molecule has 4 nitrogen and oxygen atoms in total. The van der Waals surface area contributed by atoms with Gasteiger partial charge in [-0.15, -0.1) is 0 Å². The summed E-state index contributed by atoms with van der Waals surface area (Å²) in [5.74, 6) is 0.854. The Labute approximate surface area is 123 Å². The highest BCUT2D eigenvalue weighted by Crippen LogP contribution is 2.33. The summed E-state index contributed by atoms with van der Waals surface area (Å²) in [6, 6.07) is 13.4. The molecule has 0 unspecified atom stereocenters. The Morgan fingerprint density at radius 1 is 1.05 bits per heavy atom. The molecule has 0 aliphatic carbocycles. The molecule has 0 radical (unpaired) electrons. The van der Waals surface area contributed by atoms with Crippen molar-refractivity contribution in [3.05, 3.63) is 54.1 Å². The van der Waals surface area contributed by atoms with Crippen LogP contribution in [0.15, 0.2) is 48.5 Å². The summed E-state index contributed by atoms with van der Waals surface area (Å²) in [7, 11) is 3.20. The molecule has 0 heterocycles. The molecule has 2 N–H and O–H groups in total. The summed E-state index contributed by atoms with van der Waals surface area (Å²) in [5, 5.41) is 0. The molecule has 4 heteroatoms. The van der Waals surface area contributed by atoms with Gasteiger partial charge in [0.05, 0.1) is 14.2 Å². The second-order valence-electron chi connectivity index (χ2n) is 4.39. The molecule has 2 aromatic carbocycles. The number of rotatable bonds is 5. The zero-order chi connectivity index (χ0) is 15.2. The van der Waals surface area contributed by atoms with Gasteiger partial charge in [0.25, 0.3) is 0 Å². The first-order valence-corrected chi connectivity index (χ1v) is 6.44. The molecule has 21 heavy (non-hydrogen) atoms. The second-order valence-corrected chi connectivity index (χ2v) is 4.39. The molecule has 0 aliphatic rings. The monoisotopic (exact) mass is 283 g/mol. The third-order valence-electron chi connectivity index (χ3n) is 3.08. The number of methoxy groups -OCH3 is 2. The van der Waals surface area contributed by atoms with E-state index in [1.807, 2.05) is 42.5 Å². The van der Waals surface area contributed by atoms with Crippen LogP contribution in [0, 0.1) is 0 Å². The van der Waals surface area contributed by atoms with Gasteiger partial charge in [0.1, 0.15) is 0 Å². The molecule has 1 amide bonds. The standard InChI is InChI=1S/C17H17NO3/c1-20-15-9-7-13(11-16(15)21-2)14-6-4-3-5-12(14)8-10-17(18)19/h3-11H,1-2H3,(H2,18,19)/b10-8+. The van der Waals surface area contributed by atoms with Gasteiger partial charge >= 0.3 is 0 Å². The Morgan fingerprint density at radius 3 is 2.43 bits per heavy atom. The summed E-state index contributed by atoms with van der Waals surface area (Å²) in [5.41, 5.74) is 8.01. The lowest BCUT2D eigenvalue weighted by Gasteiger charge is -2.11. The van der Waals surface area contributed by atoms with E-state index in [0.717, 1.165) is 16.7 Å². The fourth-order valence-corrected chi connectivity index (χ4v) is 2.08. The lowest BCUT2D eigenvalue weighted by Crippen LogP contribution is -2.05. The number of hydrogen-bond acceptors (Lipinski definition) is 3. The number of ether oxygens (including phenoxy) is 2. The topological polar surface area (TPSA) is 61.5 Å². The van der Waals surface area contributed by atoms with Gasteiger partial charge in [-0.25, -0.2) is 0 Å². The SMILES string of the molecule is COc1ccc(-c2ccccc2/C=C/C(N)=O)cc1OC. The van der Waals surface area contributed by atoms with Crippen LogP contribution in [0.5, 0.6) is 11.5 Å². The van der Waals surface area contributed by atoms with Gasteiger partial charge in [-0.05, 0) is 34.9 Å². The van der Waals surface area contributed by atoms with Crippen molar-refractivity contribution in [1.82, 2.24) is 0 Å². The Hall–Kier alpha value is -2.75. The summed E-state index contributed by atoms with van der Waals surface area (Å²) in [4.78, 5) is 10.9. The zero-order valence-corrected chi connectivity index (χ0v) is 12.0.